The van der Waals surface area contributed by atoms with Gasteiger partial charge in [-0.05, 0) is 37.1 Å². The van der Waals surface area contributed by atoms with Gasteiger partial charge in [0, 0.05) is 30.3 Å². The lowest BCUT2D eigenvalue weighted by molar-refractivity contribution is -0.117. The summed E-state index contributed by atoms with van der Waals surface area (Å²) < 4.78 is 2.03. The zero-order valence-electron chi connectivity index (χ0n) is 11.1. The minimum absolute atomic E-state index is 0.281. The molecule has 1 amide bonds. The van der Waals surface area contributed by atoms with Gasteiger partial charge in [-0.15, -0.1) is 0 Å². The maximum absolute atomic E-state index is 10.7. The summed E-state index contributed by atoms with van der Waals surface area (Å²) in [7, 11) is 0. The molecule has 0 aliphatic rings. The molecule has 4 nitrogen and oxygen atoms in total. The van der Waals surface area contributed by atoms with Crippen LogP contribution in [0, 0.1) is 13.8 Å². The Bertz CT molecular complexity index is 592. The van der Waals surface area contributed by atoms with E-state index in [0.717, 1.165) is 10.8 Å². The largest absolute Gasteiger partial charge is 0.370 e. The number of carbonyl (C=O) groups is 1. The Morgan fingerprint density at radius 1 is 1.37 bits per heavy atom. The van der Waals surface area contributed by atoms with E-state index >= 15 is 0 Å². The second kappa shape index (κ2) is 5.93. The topological polar surface area (TPSA) is 60.9 Å². The van der Waals surface area contributed by atoms with E-state index in [1.54, 1.807) is 6.20 Å². The van der Waals surface area contributed by atoms with Crippen LogP contribution >= 0.6 is 11.8 Å². The normalized spacial score (nSPS) is 10.6. The van der Waals surface area contributed by atoms with Gasteiger partial charge < -0.3 is 5.73 Å². The molecular formula is C14H17N3OS. The van der Waals surface area contributed by atoms with Gasteiger partial charge in [-0.3, -0.25) is 9.36 Å². The number of hydrogen-bond acceptors (Lipinski definition) is 3. The van der Waals surface area contributed by atoms with Gasteiger partial charge in [-0.1, -0.05) is 17.8 Å². The second-order valence-corrected chi connectivity index (χ2v) is 5.48. The van der Waals surface area contributed by atoms with Gasteiger partial charge in [0.25, 0.3) is 0 Å². The third-order valence-electron chi connectivity index (χ3n) is 2.96. The Kier molecular flexibility index (Phi) is 4.27. The Morgan fingerprint density at radius 3 is 2.84 bits per heavy atom. The molecule has 19 heavy (non-hydrogen) atoms. The number of nitrogens with two attached hydrogens (primary N) is 1. The van der Waals surface area contributed by atoms with Crippen LogP contribution in [0.15, 0.2) is 35.7 Å². The average molecular weight is 275 g/mol. The average Bonchev–Trinajstić information content (AvgIpc) is 2.80. The third kappa shape index (κ3) is 3.38. The van der Waals surface area contributed by atoms with Crippen LogP contribution in [0.5, 0.6) is 0 Å². The molecule has 0 radical (unpaired) electrons. The number of primary amides is 1. The summed E-state index contributed by atoms with van der Waals surface area (Å²) in [6.45, 7) is 4.19. The van der Waals surface area contributed by atoms with E-state index in [2.05, 4.69) is 37.0 Å². The van der Waals surface area contributed by atoms with Gasteiger partial charge in [0.2, 0.25) is 5.91 Å². The number of amides is 1. The number of thioether (sulfide) groups is 1. The molecule has 0 fully saturated rings. The summed E-state index contributed by atoms with van der Waals surface area (Å²) in [4.78, 5) is 15.1. The Hall–Kier alpha value is -1.75. The molecule has 0 aliphatic heterocycles. The van der Waals surface area contributed by atoms with E-state index in [1.165, 1.54) is 22.9 Å². The van der Waals surface area contributed by atoms with Gasteiger partial charge in [0.05, 0.1) is 0 Å². The number of benzene rings is 1. The molecule has 1 aromatic heterocycles. The molecular weight excluding hydrogens is 258 g/mol. The predicted octanol–water partition coefficient (Wildman–Crippen LogP) is 2.46. The van der Waals surface area contributed by atoms with Crippen molar-refractivity contribution in [3.05, 3.63) is 41.7 Å². The molecule has 100 valence electrons. The maximum atomic E-state index is 10.7. The number of aryl methyl sites for hydroxylation is 2. The van der Waals surface area contributed by atoms with Gasteiger partial charge in [0.15, 0.2) is 5.16 Å². The van der Waals surface area contributed by atoms with Crippen LogP contribution in [0.2, 0.25) is 0 Å². The standard InChI is InChI=1S/C14H17N3OS/c1-10-3-4-12(9-11(10)2)17-7-6-16-14(17)19-8-5-13(15)18/h3-4,6-7,9H,5,8H2,1-2H3,(H2,15,18). The highest BCUT2D eigenvalue weighted by atomic mass is 32.2. The Morgan fingerprint density at radius 2 is 2.16 bits per heavy atom. The highest BCUT2D eigenvalue weighted by Crippen LogP contribution is 2.22. The molecule has 1 aromatic carbocycles. The van der Waals surface area contributed by atoms with E-state index in [0.29, 0.717) is 12.2 Å². The first kappa shape index (κ1) is 13.7. The van der Waals surface area contributed by atoms with Crippen molar-refractivity contribution in [2.24, 2.45) is 5.73 Å². The molecule has 0 aliphatic carbocycles. The Labute approximate surface area is 117 Å². The van der Waals surface area contributed by atoms with Crippen LogP contribution in [0.4, 0.5) is 0 Å². The lowest BCUT2D eigenvalue weighted by atomic mass is 10.1. The molecule has 1 heterocycles. The second-order valence-electron chi connectivity index (χ2n) is 4.41. The monoisotopic (exact) mass is 275 g/mol. The maximum Gasteiger partial charge on any atom is 0.218 e. The van der Waals surface area contributed by atoms with E-state index < -0.39 is 0 Å². The summed E-state index contributed by atoms with van der Waals surface area (Å²) >= 11 is 1.54. The fraction of sp³-hybridized carbons (Fsp3) is 0.286. The fourth-order valence-electron chi connectivity index (χ4n) is 1.71. The van der Waals surface area contributed by atoms with Gasteiger partial charge in [-0.2, -0.15) is 0 Å². The summed E-state index contributed by atoms with van der Waals surface area (Å²) in [6, 6.07) is 6.31. The van der Waals surface area contributed by atoms with E-state index in [4.69, 9.17) is 5.73 Å². The molecule has 0 unspecified atom stereocenters. The molecule has 2 N–H and O–H groups in total. The van der Waals surface area contributed by atoms with Crippen LogP contribution in [0.3, 0.4) is 0 Å². The summed E-state index contributed by atoms with van der Waals surface area (Å²) in [5, 5.41) is 0.879. The van der Waals surface area contributed by atoms with E-state index in [9.17, 15) is 4.79 Å². The molecule has 0 bridgehead atoms. The number of rotatable bonds is 5. The first-order valence-corrected chi connectivity index (χ1v) is 7.08. The van der Waals surface area contributed by atoms with Crippen molar-refractivity contribution in [2.45, 2.75) is 25.4 Å². The highest BCUT2D eigenvalue weighted by Gasteiger charge is 2.07. The van der Waals surface area contributed by atoms with E-state index in [-0.39, 0.29) is 5.91 Å². The summed E-state index contributed by atoms with van der Waals surface area (Å²) in [5.41, 5.74) is 8.74. The zero-order chi connectivity index (χ0) is 13.8. The van der Waals surface area contributed by atoms with Crippen molar-refractivity contribution in [1.29, 1.82) is 0 Å². The molecule has 5 heteroatoms. The van der Waals surface area contributed by atoms with Gasteiger partial charge >= 0.3 is 0 Å². The molecule has 2 aromatic rings. The summed E-state index contributed by atoms with van der Waals surface area (Å²) in [6.07, 6.45) is 4.06. The van der Waals surface area contributed by atoms with Crippen LogP contribution in [-0.4, -0.2) is 21.2 Å². The SMILES string of the molecule is Cc1ccc(-n2ccnc2SCCC(N)=O)cc1C. The smallest absolute Gasteiger partial charge is 0.218 e. The first-order chi connectivity index (χ1) is 9.08. The lowest BCUT2D eigenvalue weighted by Crippen LogP contribution is -2.11. The number of imidazole rings is 1. The zero-order valence-corrected chi connectivity index (χ0v) is 11.9. The van der Waals surface area contributed by atoms with Crippen LogP contribution in [0.25, 0.3) is 5.69 Å². The number of carbonyl (C=O) groups excluding carboxylic acids is 1. The molecule has 0 atom stereocenters. The Balaban J connectivity index is 2.18. The predicted molar refractivity (Wildman–Crippen MR) is 77.6 cm³/mol. The number of nitrogens with zero attached hydrogens (tertiary/aromatic N) is 2. The first-order valence-electron chi connectivity index (χ1n) is 6.10. The lowest BCUT2D eigenvalue weighted by Gasteiger charge is -2.09. The van der Waals surface area contributed by atoms with Gasteiger partial charge in [-0.25, -0.2) is 4.98 Å². The van der Waals surface area contributed by atoms with Crippen LogP contribution < -0.4 is 5.73 Å². The van der Waals surface area contributed by atoms with Crippen LogP contribution in [0.1, 0.15) is 17.5 Å². The van der Waals surface area contributed by atoms with E-state index in [1.807, 2.05) is 10.8 Å². The van der Waals surface area contributed by atoms with Crippen molar-refractivity contribution < 1.29 is 4.79 Å². The van der Waals surface area contributed by atoms with Gasteiger partial charge in [0.1, 0.15) is 0 Å². The van der Waals surface area contributed by atoms with Crippen molar-refractivity contribution >= 4 is 17.7 Å². The van der Waals surface area contributed by atoms with Crippen molar-refractivity contribution in [3.63, 3.8) is 0 Å². The van der Waals surface area contributed by atoms with Crippen molar-refractivity contribution in [1.82, 2.24) is 9.55 Å². The van der Waals surface area contributed by atoms with Crippen molar-refractivity contribution in [3.8, 4) is 5.69 Å². The summed E-state index contributed by atoms with van der Waals surface area (Å²) in [5.74, 6) is 0.369. The quantitative estimate of drug-likeness (QED) is 0.853. The minimum atomic E-state index is -0.281. The van der Waals surface area contributed by atoms with Crippen molar-refractivity contribution in [2.75, 3.05) is 5.75 Å². The molecule has 0 saturated carbocycles. The molecule has 0 saturated heterocycles. The van der Waals surface area contributed by atoms with Crippen LogP contribution in [-0.2, 0) is 4.79 Å². The number of aromatic nitrogens is 2. The number of hydrogen-bond donors (Lipinski definition) is 1. The molecule has 0 spiro atoms. The minimum Gasteiger partial charge on any atom is -0.370 e. The third-order valence-corrected chi connectivity index (χ3v) is 3.92. The fourth-order valence-corrected chi connectivity index (χ4v) is 2.64. The highest BCUT2D eigenvalue weighted by molar-refractivity contribution is 7.99. The molecule has 2 rings (SSSR count).